The van der Waals surface area contributed by atoms with E-state index < -0.39 is 0 Å². The third kappa shape index (κ3) is 3.83. The minimum Gasteiger partial charge on any atom is -0.462 e. The molecule has 0 radical (unpaired) electrons. The molecule has 0 bridgehead atoms. The first-order valence-electron chi connectivity index (χ1n) is 5.86. The lowest BCUT2D eigenvalue weighted by atomic mass is 10.2. The van der Waals surface area contributed by atoms with Gasteiger partial charge >= 0.3 is 0 Å². The van der Waals surface area contributed by atoms with Gasteiger partial charge in [0.1, 0.15) is 11.5 Å². The van der Waals surface area contributed by atoms with E-state index in [2.05, 4.69) is 21.2 Å². The molecule has 0 saturated heterocycles. The van der Waals surface area contributed by atoms with Crippen LogP contribution in [0.15, 0.2) is 45.3 Å². The molecule has 4 heteroatoms. The van der Waals surface area contributed by atoms with Crippen LogP contribution in [-0.2, 0) is 4.79 Å². The first-order valence-corrected chi connectivity index (χ1v) is 6.65. The maximum Gasteiger partial charge on any atom is 0.248 e. The van der Waals surface area contributed by atoms with Gasteiger partial charge in [-0.2, -0.15) is 0 Å². The molecular weight excluding hydrogens is 306 g/mol. The van der Waals surface area contributed by atoms with Crippen LogP contribution in [0.3, 0.4) is 0 Å². The molecule has 0 spiro atoms. The van der Waals surface area contributed by atoms with Gasteiger partial charge in [-0.05, 0) is 55.8 Å². The summed E-state index contributed by atoms with van der Waals surface area (Å²) in [5.41, 5.74) is 1.84. The summed E-state index contributed by atoms with van der Waals surface area (Å²) in [6.45, 7) is 3.84. The lowest BCUT2D eigenvalue weighted by molar-refractivity contribution is -0.111. The van der Waals surface area contributed by atoms with E-state index in [0.29, 0.717) is 5.76 Å². The van der Waals surface area contributed by atoms with Crippen LogP contribution < -0.4 is 5.32 Å². The third-order valence-electron chi connectivity index (χ3n) is 2.59. The SMILES string of the molecule is Cc1ccc(/C=C/C(=O)Nc2ccc(Br)c(C)c2)o1. The maximum absolute atomic E-state index is 11.7. The number of amides is 1. The van der Waals surface area contributed by atoms with Crippen molar-refractivity contribution in [3.8, 4) is 0 Å². The highest BCUT2D eigenvalue weighted by Crippen LogP contribution is 2.20. The minimum atomic E-state index is -0.184. The molecule has 98 valence electrons. The van der Waals surface area contributed by atoms with Crippen LogP contribution in [0.5, 0.6) is 0 Å². The molecule has 1 amide bonds. The Morgan fingerprint density at radius 3 is 2.68 bits per heavy atom. The van der Waals surface area contributed by atoms with E-state index in [1.807, 2.05) is 44.2 Å². The van der Waals surface area contributed by atoms with E-state index in [9.17, 15) is 4.79 Å². The fourth-order valence-corrected chi connectivity index (χ4v) is 1.85. The largest absolute Gasteiger partial charge is 0.462 e. The van der Waals surface area contributed by atoms with Crippen molar-refractivity contribution < 1.29 is 9.21 Å². The highest BCUT2D eigenvalue weighted by atomic mass is 79.9. The normalized spacial score (nSPS) is 10.9. The van der Waals surface area contributed by atoms with Crippen LogP contribution >= 0.6 is 15.9 Å². The predicted molar refractivity (Wildman–Crippen MR) is 80.0 cm³/mol. The number of aryl methyl sites for hydroxylation is 2. The van der Waals surface area contributed by atoms with Gasteiger partial charge in [-0.15, -0.1) is 0 Å². The summed E-state index contributed by atoms with van der Waals surface area (Å²) < 4.78 is 6.37. The van der Waals surface area contributed by atoms with Crippen LogP contribution in [0.4, 0.5) is 5.69 Å². The number of benzene rings is 1. The number of halogens is 1. The summed E-state index contributed by atoms with van der Waals surface area (Å²) >= 11 is 3.42. The van der Waals surface area contributed by atoms with Crippen LogP contribution in [0.1, 0.15) is 17.1 Å². The summed E-state index contributed by atoms with van der Waals surface area (Å²) in [6, 6.07) is 9.34. The van der Waals surface area contributed by atoms with Crippen molar-refractivity contribution in [1.29, 1.82) is 0 Å². The second-order valence-electron chi connectivity index (χ2n) is 4.23. The smallest absolute Gasteiger partial charge is 0.248 e. The standard InChI is InChI=1S/C15H14BrNO2/c1-10-9-12(4-7-14(10)16)17-15(18)8-6-13-5-3-11(2)19-13/h3-9H,1-2H3,(H,17,18)/b8-6+. The first-order chi connectivity index (χ1) is 9.04. The number of carbonyl (C=O) groups excluding carboxylic acids is 1. The van der Waals surface area contributed by atoms with Crippen molar-refractivity contribution in [2.24, 2.45) is 0 Å². The average Bonchev–Trinajstić information content (AvgIpc) is 2.77. The van der Waals surface area contributed by atoms with E-state index in [0.717, 1.165) is 21.5 Å². The topological polar surface area (TPSA) is 42.2 Å². The van der Waals surface area contributed by atoms with Gasteiger partial charge in [0, 0.05) is 16.2 Å². The predicted octanol–water partition coefficient (Wildman–Crippen LogP) is 4.31. The zero-order valence-electron chi connectivity index (χ0n) is 10.7. The summed E-state index contributed by atoms with van der Waals surface area (Å²) in [4.78, 5) is 11.7. The minimum absolute atomic E-state index is 0.184. The monoisotopic (exact) mass is 319 g/mol. The van der Waals surface area contributed by atoms with E-state index in [4.69, 9.17) is 4.42 Å². The van der Waals surface area contributed by atoms with Crippen molar-refractivity contribution in [2.45, 2.75) is 13.8 Å². The molecular formula is C15H14BrNO2. The molecule has 0 aliphatic rings. The molecule has 0 unspecified atom stereocenters. The molecule has 0 aliphatic carbocycles. The molecule has 2 aromatic rings. The maximum atomic E-state index is 11.7. The molecule has 0 saturated carbocycles. The van der Waals surface area contributed by atoms with Gasteiger partial charge in [0.25, 0.3) is 0 Å². The number of hydrogen-bond donors (Lipinski definition) is 1. The van der Waals surface area contributed by atoms with Gasteiger partial charge in [-0.25, -0.2) is 0 Å². The number of furan rings is 1. The molecule has 1 heterocycles. The summed E-state index contributed by atoms with van der Waals surface area (Å²) in [5.74, 6) is 1.30. The molecule has 3 nitrogen and oxygen atoms in total. The number of carbonyl (C=O) groups is 1. The molecule has 1 aromatic heterocycles. The lowest BCUT2D eigenvalue weighted by Crippen LogP contribution is -2.07. The van der Waals surface area contributed by atoms with E-state index >= 15 is 0 Å². The zero-order chi connectivity index (χ0) is 13.8. The molecule has 0 fully saturated rings. The van der Waals surface area contributed by atoms with Gasteiger partial charge in [0.15, 0.2) is 0 Å². The molecule has 0 aliphatic heterocycles. The van der Waals surface area contributed by atoms with E-state index in [1.54, 1.807) is 6.08 Å². The van der Waals surface area contributed by atoms with Gasteiger partial charge in [0.05, 0.1) is 0 Å². The van der Waals surface area contributed by atoms with Crippen molar-refractivity contribution in [2.75, 3.05) is 5.32 Å². The Kier molecular flexibility index (Phi) is 4.22. The highest BCUT2D eigenvalue weighted by molar-refractivity contribution is 9.10. The van der Waals surface area contributed by atoms with E-state index in [-0.39, 0.29) is 5.91 Å². The molecule has 0 atom stereocenters. The Bertz CT molecular complexity index is 629. The molecule has 2 rings (SSSR count). The highest BCUT2D eigenvalue weighted by Gasteiger charge is 2.01. The second-order valence-corrected chi connectivity index (χ2v) is 5.09. The van der Waals surface area contributed by atoms with Crippen LogP contribution in [0, 0.1) is 13.8 Å². The molecule has 1 N–H and O–H groups in total. The van der Waals surface area contributed by atoms with E-state index in [1.165, 1.54) is 6.08 Å². The number of hydrogen-bond acceptors (Lipinski definition) is 2. The van der Waals surface area contributed by atoms with Crippen LogP contribution in [0.25, 0.3) is 6.08 Å². The van der Waals surface area contributed by atoms with Crippen LogP contribution in [-0.4, -0.2) is 5.91 Å². The number of rotatable bonds is 3. The first kappa shape index (κ1) is 13.6. The Hall–Kier alpha value is -1.81. The molecule has 1 aromatic carbocycles. The third-order valence-corrected chi connectivity index (χ3v) is 3.48. The second kappa shape index (κ2) is 5.89. The lowest BCUT2D eigenvalue weighted by Gasteiger charge is -2.04. The van der Waals surface area contributed by atoms with Gasteiger partial charge < -0.3 is 9.73 Å². The van der Waals surface area contributed by atoms with Crippen LogP contribution in [0.2, 0.25) is 0 Å². The van der Waals surface area contributed by atoms with Gasteiger partial charge in [-0.3, -0.25) is 4.79 Å². The Balaban J connectivity index is 2.01. The van der Waals surface area contributed by atoms with Crippen molar-refractivity contribution >= 4 is 33.6 Å². The van der Waals surface area contributed by atoms with Gasteiger partial charge in [0.2, 0.25) is 5.91 Å². The van der Waals surface area contributed by atoms with Gasteiger partial charge in [-0.1, -0.05) is 15.9 Å². The fraction of sp³-hybridized carbons (Fsp3) is 0.133. The Labute approximate surface area is 120 Å². The van der Waals surface area contributed by atoms with Crippen molar-refractivity contribution in [1.82, 2.24) is 0 Å². The average molecular weight is 320 g/mol. The number of nitrogens with one attached hydrogen (secondary N) is 1. The quantitative estimate of drug-likeness (QED) is 0.856. The summed E-state index contributed by atoms with van der Waals surface area (Å²) in [5, 5.41) is 2.80. The fourth-order valence-electron chi connectivity index (χ4n) is 1.61. The summed E-state index contributed by atoms with van der Waals surface area (Å²) in [7, 11) is 0. The Morgan fingerprint density at radius 2 is 2.05 bits per heavy atom. The number of anilines is 1. The zero-order valence-corrected chi connectivity index (χ0v) is 12.3. The Morgan fingerprint density at radius 1 is 1.26 bits per heavy atom. The van der Waals surface area contributed by atoms with Crippen molar-refractivity contribution in [3.05, 3.63) is 58.0 Å². The summed E-state index contributed by atoms with van der Waals surface area (Å²) in [6.07, 6.45) is 3.10. The van der Waals surface area contributed by atoms with Crippen molar-refractivity contribution in [3.63, 3.8) is 0 Å². The molecule has 19 heavy (non-hydrogen) atoms.